The first-order valence-corrected chi connectivity index (χ1v) is 5.03. The molecule has 0 spiro atoms. The van der Waals surface area contributed by atoms with Crippen molar-refractivity contribution < 1.29 is 4.42 Å². The van der Waals surface area contributed by atoms with Crippen LogP contribution in [0.3, 0.4) is 0 Å². The van der Waals surface area contributed by atoms with E-state index in [1.165, 1.54) is 0 Å². The van der Waals surface area contributed by atoms with Gasteiger partial charge in [-0.25, -0.2) is 9.97 Å². The van der Waals surface area contributed by atoms with E-state index in [0.29, 0.717) is 16.6 Å². The zero-order valence-corrected chi connectivity index (χ0v) is 8.85. The van der Waals surface area contributed by atoms with E-state index in [2.05, 4.69) is 15.0 Å². The molecule has 3 heterocycles. The van der Waals surface area contributed by atoms with Gasteiger partial charge in [0.1, 0.15) is 10.7 Å². The molecule has 0 atom stereocenters. The number of pyridine rings is 2. The minimum Gasteiger partial charge on any atom is -0.436 e. The summed E-state index contributed by atoms with van der Waals surface area (Å²) in [4.78, 5) is 12.3. The summed E-state index contributed by atoms with van der Waals surface area (Å²) in [5.74, 6) is 0.521. The van der Waals surface area contributed by atoms with Gasteiger partial charge in [-0.3, -0.25) is 4.98 Å². The first-order valence-electron chi connectivity index (χ1n) is 4.65. The molecule has 0 saturated heterocycles. The van der Waals surface area contributed by atoms with E-state index in [-0.39, 0.29) is 0 Å². The second kappa shape index (κ2) is 3.57. The maximum atomic E-state index is 5.71. The van der Waals surface area contributed by atoms with E-state index in [9.17, 15) is 0 Å². The van der Waals surface area contributed by atoms with Crippen molar-refractivity contribution in [2.45, 2.75) is 0 Å². The Balaban J connectivity index is 2.15. The molecular formula is C11H6ClN3O. The van der Waals surface area contributed by atoms with Crippen LogP contribution < -0.4 is 0 Å². The number of aromatic nitrogens is 3. The fraction of sp³-hybridized carbons (Fsp3) is 0. The fourth-order valence-electron chi connectivity index (χ4n) is 1.41. The van der Waals surface area contributed by atoms with Gasteiger partial charge in [0, 0.05) is 18.5 Å². The van der Waals surface area contributed by atoms with Crippen LogP contribution in [0.1, 0.15) is 0 Å². The molecule has 0 amide bonds. The van der Waals surface area contributed by atoms with Gasteiger partial charge in [-0.1, -0.05) is 11.6 Å². The third kappa shape index (κ3) is 1.53. The number of rotatable bonds is 1. The summed E-state index contributed by atoms with van der Waals surface area (Å²) in [5.41, 5.74) is 2.23. The number of hydrogen-bond donors (Lipinski definition) is 0. The van der Waals surface area contributed by atoms with Gasteiger partial charge in [-0.2, -0.15) is 0 Å². The monoisotopic (exact) mass is 231 g/mol. The van der Waals surface area contributed by atoms with Crippen LogP contribution in [0.25, 0.3) is 22.6 Å². The molecule has 0 aliphatic carbocycles. The van der Waals surface area contributed by atoms with E-state index < -0.39 is 0 Å². The molecule has 3 aromatic rings. The lowest BCUT2D eigenvalue weighted by Gasteiger charge is -1.93. The Morgan fingerprint density at radius 1 is 1.12 bits per heavy atom. The molecule has 78 valence electrons. The molecular weight excluding hydrogens is 226 g/mol. The van der Waals surface area contributed by atoms with Crippen LogP contribution >= 0.6 is 11.6 Å². The van der Waals surface area contributed by atoms with Crippen molar-refractivity contribution in [3.63, 3.8) is 0 Å². The number of hydrogen-bond acceptors (Lipinski definition) is 4. The second-order valence-electron chi connectivity index (χ2n) is 3.23. The Kier molecular flexibility index (Phi) is 2.08. The molecule has 3 rings (SSSR count). The van der Waals surface area contributed by atoms with Crippen LogP contribution in [0, 0.1) is 0 Å². The van der Waals surface area contributed by atoms with E-state index >= 15 is 0 Å². The maximum Gasteiger partial charge on any atom is 0.228 e. The van der Waals surface area contributed by atoms with E-state index in [1.807, 2.05) is 6.07 Å². The highest BCUT2D eigenvalue weighted by molar-refractivity contribution is 6.29. The number of oxazole rings is 1. The highest BCUT2D eigenvalue weighted by atomic mass is 35.5. The van der Waals surface area contributed by atoms with Crippen LogP contribution in [0.4, 0.5) is 0 Å². The average Bonchev–Trinajstić information content (AvgIpc) is 2.73. The van der Waals surface area contributed by atoms with Crippen molar-refractivity contribution >= 4 is 22.7 Å². The molecule has 0 radical (unpaired) electrons. The highest BCUT2D eigenvalue weighted by Crippen LogP contribution is 2.23. The van der Waals surface area contributed by atoms with Gasteiger partial charge >= 0.3 is 0 Å². The summed E-state index contributed by atoms with van der Waals surface area (Å²) in [5, 5.41) is 0.446. The normalized spacial score (nSPS) is 10.8. The molecule has 0 aromatic carbocycles. The van der Waals surface area contributed by atoms with Gasteiger partial charge in [0.2, 0.25) is 5.89 Å². The predicted octanol–water partition coefficient (Wildman–Crippen LogP) is 2.94. The highest BCUT2D eigenvalue weighted by Gasteiger charge is 2.07. The molecule has 0 fully saturated rings. The van der Waals surface area contributed by atoms with Crippen molar-refractivity contribution in [3.8, 4) is 11.5 Å². The maximum absolute atomic E-state index is 5.71. The summed E-state index contributed by atoms with van der Waals surface area (Å²) < 4.78 is 5.56. The molecule has 0 bridgehead atoms. The molecule has 0 unspecified atom stereocenters. The SMILES string of the molecule is Clc1ccc(-c2nc3cnccc3o2)cn1. The predicted molar refractivity (Wildman–Crippen MR) is 60.0 cm³/mol. The minimum atomic E-state index is 0.446. The third-order valence-electron chi connectivity index (χ3n) is 2.16. The second-order valence-corrected chi connectivity index (χ2v) is 3.62. The largest absolute Gasteiger partial charge is 0.436 e. The lowest BCUT2D eigenvalue weighted by Crippen LogP contribution is -1.79. The smallest absolute Gasteiger partial charge is 0.228 e. The van der Waals surface area contributed by atoms with Gasteiger partial charge in [0.15, 0.2) is 5.58 Å². The van der Waals surface area contributed by atoms with Crippen molar-refractivity contribution in [2.75, 3.05) is 0 Å². The number of nitrogens with zero attached hydrogens (tertiary/aromatic N) is 3. The molecule has 16 heavy (non-hydrogen) atoms. The Hall–Kier alpha value is -1.94. The Bertz CT molecular complexity index is 600. The van der Waals surface area contributed by atoms with Gasteiger partial charge in [0.05, 0.1) is 11.8 Å². The van der Waals surface area contributed by atoms with Crippen molar-refractivity contribution in [1.82, 2.24) is 15.0 Å². The van der Waals surface area contributed by atoms with Crippen LogP contribution in [-0.2, 0) is 0 Å². The topological polar surface area (TPSA) is 51.8 Å². The molecule has 0 N–H and O–H groups in total. The van der Waals surface area contributed by atoms with Crippen molar-refractivity contribution in [1.29, 1.82) is 0 Å². The zero-order chi connectivity index (χ0) is 11.0. The minimum absolute atomic E-state index is 0.446. The zero-order valence-electron chi connectivity index (χ0n) is 8.09. The standard InChI is InChI=1S/C11H6ClN3O/c12-10-2-1-7(5-14-10)11-15-8-6-13-4-3-9(8)16-11/h1-6H. The van der Waals surface area contributed by atoms with Crippen molar-refractivity contribution in [3.05, 3.63) is 41.9 Å². The molecule has 4 nitrogen and oxygen atoms in total. The van der Waals surface area contributed by atoms with Crippen LogP contribution in [-0.4, -0.2) is 15.0 Å². The fourth-order valence-corrected chi connectivity index (χ4v) is 1.52. The van der Waals surface area contributed by atoms with E-state index in [0.717, 1.165) is 11.1 Å². The lowest BCUT2D eigenvalue weighted by molar-refractivity contribution is 0.619. The number of fused-ring (bicyclic) bond motifs is 1. The third-order valence-corrected chi connectivity index (χ3v) is 2.39. The first kappa shape index (κ1) is 9.30. The molecule has 3 aromatic heterocycles. The number of halogens is 1. The average molecular weight is 232 g/mol. The summed E-state index contributed by atoms with van der Waals surface area (Å²) >= 11 is 5.71. The summed E-state index contributed by atoms with van der Waals surface area (Å²) in [6.45, 7) is 0. The molecule has 5 heteroatoms. The van der Waals surface area contributed by atoms with Gasteiger partial charge in [-0.15, -0.1) is 0 Å². The van der Waals surface area contributed by atoms with E-state index in [4.69, 9.17) is 16.0 Å². The molecule has 0 aliphatic rings. The van der Waals surface area contributed by atoms with Crippen LogP contribution in [0.2, 0.25) is 5.15 Å². The van der Waals surface area contributed by atoms with Gasteiger partial charge < -0.3 is 4.42 Å². The summed E-state index contributed by atoms with van der Waals surface area (Å²) in [6, 6.07) is 5.28. The quantitative estimate of drug-likeness (QED) is 0.604. The van der Waals surface area contributed by atoms with Gasteiger partial charge in [-0.05, 0) is 12.1 Å². The lowest BCUT2D eigenvalue weighted by atomic mass is 10.3. The molecule has 0 saturated carbocycles. The van der Waals surface area contributed by atoms with E-state index in [1.54, 1.807) is 30.7 Å². The van der Waals surface area contributed by atoms with Crippen LogP contribution in [0.5, 0.6) is 0 Å². The van der Waals surface area contributed by atoms with Gasteiger partial charge in [0.25, 0.3) is 0 Å². The first-order chi connectivity index (χ1) is 7.83. The Morgan fingerprint density at radius 3 is 2.81 bits per heavy atom. The Morgan fingerprint density at radius 2 is 2.06 bits per heavy atom. The van der Waals surface area contributed by atoms with Crippen molar-refractivity contribution in [2.24, 2.45) is 0 Å². The summed E-state index contributed by atoms with van der Waals surface area (Å²) in [7, 11) is 0. The Labute approximate surface area is 95.9 Å². The van der Waals surface area contributed by atoms with Crippen LogP contribution in [0.15, 0.2) is 41.2 Å². The summed E-state index contributed by atoms with van der Waals surface area (Å²) in [6.07, 6.45) is 4.95. The molecule has 0 aliphatic heterocycles.